The van der Waals surface area contributed by atoms with Gasteiger partial charge in [0.05, 0.1) is 6.61 Å². The van der Waals surface area contributed by atoms with Gasteiger partial charge in [0.25, 0.3) is 0 Å². The van der Waals surface area contributed by atoms with Gasteiger partial charge in [-0.2, -0.15) is 0 Å². The fraction of sp³-hybridized carbons (Fsp3) is 0.286. The van der Waals surface area contributed by atoms with E-state index >= 15 is 0 Å². The molecule has 0 amide bonds. The van der Waals surface area contributed by atoms with E-state index in [0.29, 0.717) is 10.7 Å². The lowest BCUT2D eigenvalue weighted by Gasteiger charge is -2.05. The first-order valence-corrected chi connectivity index (χ1v) is 5.41. The number of aliphatic hydroxyl groups is 1. The average Bonchev–Trinajstić information content (AvgIpc) is 2.85. The molecule has 4 N–H and O–H groups in total. The molecule has 10 heteroatoms. The summed E-state index contributed by atoms with van der Waals surface area (Å²) >= 11 is 1.16. The number of nitrogens with two attached hydrogens (primary N) is 1. The SMILES string of the molecule is NN1NC=C(c2ncc([N+](=O)[O-])n2CCO)S1. The van der Waals surface area contributed by atoms with E-state index in [1.54, 1.807) is 6.20 Å². The lowest BCUT2D eigenvalue weighted by Crippen LogP contribution is -2.30. The number of hydrogen-bond acceptors (Lipinski definition) is 8. The standard InChI is InChI=1S/C7H10N6O3S/c8-13-10-3-5(17-13)7-9-4-6(12(15)16)11(7)1-2-14/h3-4,10,14H,1-2,8H2. The largest absolute Gasteiger partial charge is 0.392 e. The van der Waals surface area contributed by atoms with Crippen molar-refractivity contribution >= 4 is 22.7 Å². The van der Waals surface area contributed by atoms with E-state index in [9.17, 15) is 10.1 Å². The number of aliphatic hydroxyl groups excluding tert-OH is 1. The van der Waals surface area contributed by atoms with Gasteiger partial charge in [-0.15, -0.1) is 0 Å². The number of nitro groups is 1. The summed E-state index contributed by atoms with van der Waals surface area (Å²) in [7, 11) is 0. The molecule has 0 atom stereocenters. The second kappa shape index (κ2) is 4.71. The number of aromatic nitrogens is 2. The number of rotatable bonds is 4. The van der Waals surface area contributed by atoms with Crippen molar-refractivity contribution < 1.29 is 10.0 Å². The summed E-state index contributed by atoms with van der Waals surface area (Å²) in [6.45, 7) is -0.101. The molecule has 0 saturated heterocycles. The smallest absolute Gasteiger partial charge is 0.343 e. The van der Waals surface area contributed by atoms with E-state index in [0.717, 1.165) is 18.1 Å². The number of hydrogen-bond donors (Lipinski definition) is 3. The van der Waals surface area contributed by atoms with Crippen molar-refractivity contribution in [1.82, 2.24) is 19.5 Å². The van der Waals surface area contributed by atoms with Gasteiger partial charge in [0, 0.05) is 18.1 Å². The Morgan fingerprint density at radius 3 is 3.00 bits per heavy atom. The van der Waals surface area contributed by atoms with E-state index in [-0.39, 0.29) is 19.0 Å². The van der Waals surface area contributed by atoms with Crippen LogP contribution in [0.1, 0.15) is 5.82 Å². The Morgan fingerprint density at radius 1 is 1.71 bits per heavy atom. The Balaban J connectivity index is 2.37. The second-order valence-corrected chi connectivity index (χ2v) is 4.14. The molecule has 0 saturated carbocycles. The first kappa shape index (κ1) is 11.9. The second-order valence-electron chi connectivity index (χ2n) is 3.13. The highest BCUT2D eigenvalue weighted by atomic mass is 32.2. The van der Waals surface area contributed by atoms with Gasteiger partial charge < -0.3 is 20.6 Å². The van der Waals surface area contributed by atoms with Gasteiger partial charge in [0.2, 0.25) is 5.82 Å². The molecule has 0 bridgehead atoms. The number of nitrogens with one attached hydrogen (secondary N) is 1. The highest BCUT2D eigenvalue weighted by Crippen LogP contribution is 2.32. The third kappa shape index (κ3) is 2.24. The number of imidazole rings is 1. The molecule has 17 heavy (non-hydrogen) atoms. The fourth-order valence-electron chi connectivity index (χ4n) is 1.42. The molecular formula is C7H10N6O3S. The molecule has 2 rings (SSSR count). The zero-order chi connectivity index (χ0) is 12.4. The van der Waals surface area contributed by atoms with Crippen LogP contribution in [0.4, 0.5) is 5.82 Å². The molecule has 92 valence electrons. The van der Waals surface area contributed by atoms with Crippen LogP contribution in [0.3, 0.4) is 0 Å². The molecule has 9 nitrogen and oxygen atoms in total. The first-order valence-electron chi connectivity index (χ1n) is 4.63. The third-order valence-corrected chi connectivity index (χ3v) is 2.88. The van der Waals surface area contributed by atoms with Crippen LogP contribution in [-0.4, -0.2) is 30.7 Å². The maximum Gasteiger partial charge on any atom is 0.343 e. The molecule has 1 aromatic rings. The van der Waals surface area contributed by atoms with Gasteiger partial charge in [-0.25, -0.2) is 15.4 Å². The van der Waals surface area contributed by atoms with Crippen LogP contribution in [0.15, 0.2) is 12.4 Å². The van der Waals surface area contributed by atoms with E-state index in [1.165, 1.54) is 9.09 Å². The Hall–Kier alpha value is -1.62. The van der Waals surface area contributed by atoms with Crippen molar-refractivity contribution in [1.29, 1.82) is 0 Å². The van der Waals surface area contributed by atoms with Gasteiger partial charge in [-0.1, -0.05) is 4.52 Å². The van der Waals surface area contributed by atoms with Crippen molar-refractivity contribution in [3.8, 4) is 0 Å². The predicted octanol–water partition coefficient (Wildman–Crippen LogP) is -0.576. The van der Waals surface area contributed by atoms with Crippen LogP contribution < -0.4 is 11.3 Å². The molecule has 0 aromatic carbocycles. The molecule has 0 unspecified atom stereocenters. The summed E-state index contributed by atoms with van der Waals surface area (Å²) in [5.74, 6) is 5.70. The van der Waals surface area contributed by atoms with Crippen molar-refractivity contribution in [2.24, 2.45) is 5.84 Å². The molecular weight excluding hydrogens is 248 g/mol. The average molecular weight is 258 g/mol. The zero-order valence-corrected chi connectivity index (χ0v) is 9.42. The van der Waals surface area contributed by atoms with Crippen molar-refractivity contribution in [2.45, 2.75) is 6.54 Å². The molecule has 0 aliphatic carbocycles. The van der Waals surface area contributed by atoms with Crippen LogP contribution in [-0.2, 0) is 6.54 Å². The quantitative estimate of drug-likeness (QED) is 0.284. The monoisotopic (exact) mass is 258 g/mol. The minimum absolute atomic E-state index is 0.105. The molecule has 0 spiro atoms. The Labute approximate surface area is 100 Å². The van der Waals surface area contributed by atoms with Crippen LogP contribution in [0, 0.1) is 10.1 Å². The predicted molar refractivity (Wildman–Crippen MR) is 60.7 cm³/mol. The Kier molecular flexibility index (Phi) is 3.28. The van der Waals surface area contributed by atoms with Crippen molar-refractivity contribution in [2.75, 3.05) is 6.61 Å². The van der Waals surface area contributed by atoms with Gasteiger partial charge in [0.1, 0.15) is 17.6 Å². The minimum Gasteiger partial charge on any atom is -0.392 e. The Bertz CT molecular complexity index is 472. The molecule has 1 aromatic heterocycles. The summed E-state index contributed by atoms with van der Waals surface area (Å²) in [6, 6.07) is 0. The summed E-state index contributed by atoms with van der Waals surface area (Å²) in [6.07, 6.45) is 2.75. The normalized spacial score (nSPS) is 15.8. The highest BCUT2D eigenvalue weighted by molar-refractivity contribution is 8.06. The maximum atomic E-state index is 10.8. The van der Waals surface area contributed by atoms with E-state index in [1.807, 2.05) is 0 Å². The van der Waals surface area contributed by atoms with Crippen LogP contribution in [0.2, 0.25) is 0 Å². The summed E-state index contributed by atoms with van der Waals surface area (Å²) in [5, 5.41) is 19.7. The third-order valence-electron chi connectivity index (χ3n) is 2.09. The maximum absolute atomic E-state index is 10.8. The molecule has 0 radical (unpaired) electrons. The molecule has 0 fully saturated rings. The van der Waals surface area contributed by atoms with Crippen molar-refractivity contribution in [3.05, 3.63) is 28.3 Å². The zero-order valence-electron chi connectivity index (χ0n) is 8.61. The summed E-state index contributed by atoms with van der Waals surface area (Å²) < 4.78 is 2.58. The summed E-state index contributed by atoms with van der Waals surface area (Å²) in [5.41, 5.74) is 2.70. The number of hydrazine groups is 2. The van der Waals surface area contributed by atoms with Gasteiger partial charge in [-0.3, -0.25) is 0 Å². The fourth-order valence-corrected chi connectivity index (χ4v) is 2.08. The number of nitrogens with zero attached hydrogens (tertiary/aromatic N) is 4. The molecule has 1 aliphatic heterocycles. The van der Waals surface area contributed by atoms with Crippen LogP contribution in [0.25, 0.3) is 4.91 Å². The van der Waals surface area contributed by atoms with Gasteiger partial charge in [-0.05, 0) is 4.92 Å². The molecule has 2 heterocycles. The van der Waals surface area contributed by atoms with E-state index < -0.39 is 4.92 Å². The van der Waals surface area contributed by atoms with E-state index in [2.05, 4.69) is 10.4 Å². The minimum atomic E-state index is -0.542. The lowest BCUT2D eigenvalue weighted by molar-refractivity contribution is -0.392. The first-order chi connectivity index (χ1) is 8.13. The molecule has 1 aliphatic rings. The highest BCUT2D eigenvalue weighted by Gasteiger charge is 2.26. The lowest BCUT2D eigenvalue weighted by atomic mass is 10.5. The van der Waals surface area contributed by atoms with E-state index in [4.69, 9.17) is 10.9 Å². The summed E-state index contributed by atoms with van der Waals surface area (Å²) in [4.78, 5) is 14.9. The topological polar surface area (TPSA) is 122 Å². The van der Waals surface area contributed by atoms with Gasteiger partial charge >= 0.3 is 5.82 Å². The Morgan fingerprint density at radius 2 is 2.47 bits per heavy atom. The van der Waals surface area contributed by atoms with Gasteiger partial charge in [0.15, 0.2) is 0 Å². The van der Waals surface area contributed by atoms with Crippen LogP contribution >= 0.6 is 11.9 Å². The van der Waals surface area contributed by atoms with Crippen molar-refractivity contribution in [3.63, 3.8) is 0 Å². The van der Waals surface area contributed by atoms with Crippen LogP contribution in [0.5, 0.6) is 0 Å².